The molecule has 2 aliphatic rings. The number of rotatable bonds is 6. The number of hydrogen-bond acceptors (Lipinski definition) is 6. The van der Waals surface area contributed by atoms with Gasteiger partial charge in [-0.25, -0.2) is 8.78 Å². The number of amides is 1. The van der Waals surface area contributed by atoms with Gasteiger partial charge in [-0.15, -0.1) is 10.2 Å². The van der Waals surface area contributed by atoms with Crippen LogP contribution in [-0.4, -0.2) is 43.2 Å². The summed E-state index contributed by atoms with van der Waals surface area (Å²) in [5.41, 5.74) is 1.63. The van der Waals surface area contributed by atoms with E-state index < -0.39 is 30.8 Å². The molecule has 1 atom stereocenters. The molecular weight excluding hydrogens is 408 g/mol. The summed E-state index contributed by atoms with van der Waals surface area (Å²) in [6, 6.07) is 2.36. The quantitative estimate of drug-likeness (QED) is 0.591. The normalized spacial score (nSPS) is 20.5. The molecule has 1 saturated carbocycles. The molecule has 0 N–H and O–H groups in total. The van der Waals surface area contributed by atoms with Crippen molar-refractivity contribution in [1.29, 1.82) is 0 Å². The first kappa shape index (κ1) is 19.9. The Morgan fingerprint density at radius 2 is 2.10 bits per heavy atom. The summed E-state index contributed by atoms with van der Waals surface area (Å²) in [5, 5.41) is 11.9. The van der Waals surface area contributed by atoms with E-state index in [-0.39, 0.29) is 5.76 Å². The number of carbonyl (C=O) groups is 1. The topological polar surface area (TPSA) is 90.2 Å². The Hall–Kier alpha value is -3.04. The van der Waals surface area contributed by atoms with Gasteiger partial charge < -0.3 is 18.4 Å². The smallest absolute Gasteiger partial charge is 0.290 e. The molecule has 8 nitrogen and oxygen atoms in total. The van der Waals surface area contributed by atoms with Crippen molar-refractivity contribution in [3.05, 3.63) is 52.8 Å². The number of aromatic nitrogens is 4. The van der Waals surface area contributed by atoms with E-state index in [4.69, 9.17) is 8.94 Å². The molecule has 3 aromatic heterocycles. The molecule has 0 unspecified atom stereocenters. The number of carbonyl (C=O) groups excluding carboxylic acids is 1. The number of nitrogens with zero attached hydrogens (tertiary/aromatic N) is 5. The Kier molecular flexibility index (Phi) is 4.67. The molecule has 0 spiro atoms. The molecule has 3 aromatic rings. The molecule has 2 fully saturated rings. The zero-order chi connectivity index (χ0) is 21.8. The lowest BCUT2D eigenvalue weighted by atomic mass is 10.1. The monoisotopic (exact) mass is 431 g/mol. The maximum atomic E-state index is 14.4. The van der Waals surface area contributed by atoms with Gasteiger partial charge in [-0.1, -0.05) is 5.16 Å². The van der Waals surface area contributed by atoms with E-state index in [1.54, 1.807) is 23.9 Å². The van der Waals surface area contributed by atoms with Crippen molar-refractivity contribution >= 4 is 5.91 Å². The van der Waals surface area contributed by atoms with Gasteiger partial charge in [-0.05, 0) is 44.7 Å². The summed E-state index contributed by atoms with van der Waals surface area (Å²) >= 11 is 0. The highest BCUT2D eigenvalue weighted by molar-refractivity contribution is 5.92. The van der Waals surface area contributed by atoms with Gasteiger partial charge in [0.1, 0.15) is 17.8 Å². The minimum Gasteiger partial charge on any atom is -0.456 e. The van der Waals surface area contributed by atoms with Crippen LogP contribution in [0.15, 0.2) is 27.4 Å². The zero-order valence-corrected chi connectivity index (χ0v) is 17.3. The summed E-state index contributed by atoms with van der Waals surface area (Å²) in [4.78, 5) is 14.3. The van der Waals surface area contributed by atoms with E-state index in [0.717, 1.165) is 29.0 Å². The fourth-order valence-corrected chi connectivity index (χ4v) is 4.16. The van der Waals surface area contributed by atoms with Crippen molar-refractivity contribution in [1.82, 2.24) is 24.8 Å². The van der Waals surface area contributed by atoms with Crippen molar-refractivity contribution in [3.8, 4) is 0 Å². The fourth-order valence-electron chi connectivity index (χ4n) is 4.16. The molecule has 10 heteroatoms. The van der Waals surface area contributed by atoms with E-state index in [9.17, 15) is 13.6 Å². The number of alkyl halides is 2. The Balaban J connectivity index is 1.38. The molecular formula is C21H23F2N5O3. The number of halogens is 2. The highest BCUT2D eigenvalue weighted by Gasteiger charge is 2.50. The molecule has 1 saturated heterocycles. The molecule has 1 aliphatic heterocycles. The van der Waals surface area contributed by atoms with Gasteiger partial charge in [0.2, 0.25) is 0 Å². The summed E-state index contributed by atoms with van der Waals surface area (Å²) in [6.07, 6.45) is 3.71. The van der Waals surface area contributed by atoms with Gasteiger partial charge in [0, 0.05) is 24.9 Å². The third-order valence-corrected chi connectivity index (χ3v) is 6.03. The summed E-state index contributed by atoms with van der Waals surface area (Å²) in [7, 11) is 0. The number of furan rings is 1. The van der Waals surface area contributed by atoms with E-state index in [2.05, 4.69) is 15.4 Å². The van der Waals surface area contributed by atoms with Crippen LogP contribution in [0.25, 0.3) is 0 Å². The van der Waals surface area contributed by atoms with Crippen LogP contribution in [0.3, 0.4) is 0 Å². The SMILES string of the molecule is Cc1noc(C)c1Cc1ccc(C(=O)N2CC(F)(F)C[C@H]2c2nncn2CC2CC2)o1. The van der Waals surface area contributed by atoms with E-state index >= 15 is 0 Å². The Bertz CT molecular complexity index is 1090. The number of hydrogen-bond donors (Lipinski definition) is 0. The lowest BCUT2D eigenvalue weighted by Gasteiger charge is -2.22. The Labute approximate surface area is 177 Å². The molecule has 0 bridgehead atoms. The predicted molar refractivity (Wildman–Crippen MR) is 104 cm³/mol. The van der Waals surface area contributed by atoms with E-state index in [0.29, 0.717) is 36.2 Å². The summed E-state index contributed by atoms with van der Waals surface area (Å²) < 4.78 is 41.4. The molecule has 1 aliphatic carbocycles. The molecule has 31 heavy (non-hydrogen) atoms. The summed E-state index contributed by atoms with van der Waals surface area (Å²) in [6.45, 7) is 3.65. The second-order valence-electron chi connectivity index (χ2n) is 8.54. The van der Waals surface area contributed by atoms with Crippen molar-refractivity contribution in [2.24, 2.45) is 5.92 Å². The van der Waals surface area contributed by atoms with Crippen LogP contribution in [0.5, 0.6) is 0 Å². The minimum atomic E-state index is -3.00. The third-order valence-electron chi connectivity index (χ3n) is 6.03. The number of aryl methyl sites for hydroxylation is 2. The van der Waals surface area contributed by atoms with Crippen LogP contribution in [0.2, 0.25) is 0 Å². The Morgan fingerprint density at radius 1 is 1.29 bits per heavy atom. The van der Waals surface area contributed by atoms with Gasteiger partial charge in [0.15, 0.2) is 11.6 Å². The van der Waals surface area contributed by atoms with Crippen LogP contribution in [0.4, 0.5) is 8.78 Å². The standard InChI is InChI=1S/C21H23F2N5O3/c1-12-16(13(2)31-26-12)7-15-5-6-18(30-15)20(29)28-10-21(22,23)8-17(28)19-25-24-11-27(19)9-14-3-4-14/h5-6,11,14,17H,3-4,7-10H2,1-2H3/t17-/m0/s1. The highest BCUT2D eigenvalue weighted by atomic mass is 19.3. The number of likely N-dealkylation sites (tertiary alicyclic amines) is 1. The molecule has 164 valence electrons. The van der Waals surface area contributed by atoms with Gasteiger partial charge in [-0.2, -0.15) is 0 Å². The largest absolute Gasteiger partial charge is 0.456 e. The zero-order valence-electron chi connectivity index (χ0n) is 17.3. The lowest BCUT2D eigenvalue weighted by Crippen LogP contribution is -2.33. The average molecular weight is 431 g/mol. The second kappa shape index (κ2) is 7.28. The fraction of sp³-hybridized carbons (Fsp3) is 0.524. The second-order valence-corrected chi connectivity index (χ2v) is 8.54. The van der Waals surface area contributed by atoms with Gasteiger partial charge in [-0.3, -0.25) is 4.79 Å². The third kappa shape index (κ3) is 3.86. The van der Waals surface area contributed by atoms with Crippen molar-refractivity contribution < 1.29 is 22.5 Å². The van der Waals surface area contributed by atoms with Crippen LogP contribution < -0.4 is 0 Å². The van der Waals surface area contributed by atoms with E-state index in [1.807, 2.05) is 6.92 Å². The maximum absolute atomic E-state index is 14.4. The molecule has 4 heterocycles. The summed E-state index contributed by atoms with van der Waals surface area (Å²) in [5.74, 6) is -1.40. The first-order valence-electron chi connectivity index (χ1n) is 10.4. The van der Waals surface area contributed by atoms with Crippen LogP contribution in [0, 0.1) is 19.8 Å². The van der Waals surface area contributed by atoms with E-state index in [1.165, 1.54) is 6.07 Å². The first-order valence-corrected chi connectivity index (χ1v) is 10.4. The van der Waals surface area contributed by atoms with Crippen LogP contribution in [-0.2, 0) is 13.0 Å². The lowest BCUT2D eigenvalue weighted by molar-refractivity contribution is 0.0113. The maximum Gasteiger partial charge on any atom is 0.290 e. The molecule has 5 rings (SSSR count). The van der Waals surface area contributed by atoms with Crippen molar-refractivity contribution in [2.45, 2.75) is 58.0 Å². The van der Waals surface area contributed by atoms with Gasteiger partial charge in [0.05, 0.1) is 18.3 Å². The van der Waals surface area contributed by atoms with Gasteiger partial charge in [0.25, 0.3) is 11.8 Å². The molecule has 0 radical (unpaired) electrons. The Morgan fingerprint density at radius 3 is 2.81 bits per heavy atom. The predicted octanol–water partition coefficient (Wildman–Crippen LogP) is 3.70. The molecule has 1 amide bonds. The van der Waals surface area contributed by atoms with Crippen LogP contribution in [0.1, 0.15) is 64.5 Å². The molecule has 0 aromatic carbocycles. The minimum absolute atomic E-state index is 0.0257. The van der Waals surface area contributed by atoms with Crippen LogP contribution >= 0.6 is 0 Å². The first-order chi connectivity index (χ1) is 14.8. The van der Waals surface area contributed by atoms with Crippen molar-refractivity contribution in [3.63, 3.8) is 0 Å². The van der Waals surface area contributed by atoms with Crippen molar-refractivity contribution in [2.75, 3.05) is 6.54 Å². The highest BCUT2D eigenvalue weighted by Crippen LogP contribution is 2.42. The average Bonchev–Trinajstić information content (AvgIpc) is 3.05. The van der Waals surface area contributed by atoms with Gasteiger partial charge >= 0.3 is 0 Å².